The number of hydrogen-bond acceptors (Lipinski definition) is 3. The second-order valence-corrected chi connectivity index (χ2v) is 5.98. The van der Waals surface area contributed by atoms with Gasteiger partial charge in [0.2, 0.25) is 0 Å². The van der Waals surface area contributed by atoms with Gasteiger partial charge in [-0.1, -0.05) is 28.9 Å². The van der Waals surface area contributed by atoms with Crippen LogP contribution in [0.3, 0.4) is 0 Å². The summed E-state index contributed by atoms with van der Waals surface area (Å²) in [6.45, 7) is 5.80. The first-order chi connectivity index (χ1) is 9.49. The standard InChI is InChI=1S/C15H12BrClN2O/c1-7-4-5-10-11(17)6-12(18-15(10)14(7)16)13-8(2)19-20-9(13)3/h4-6H,1-3H3. The Labute approximate surface area is 130 Å². The van der Waals surface area contributed by atoms with Crippen molar-refractivity contribution in [3.05, 3.63) is 44.7 Å². The van der Waals surface area contributed by atoms with Gasteiger partial charge in [0.05, 0.1) is 27.5 Å². The number of nitrogens with zero attached hydrogens (tertiary/aromatic N) is 2. The van der Waals surface area contributed by atoms with E-state index in [1.54, 1.807) is 0 Å². The predicted molar refractivity (Wildman–Crippen MR) is 84.2 cm³/mol. The average molecular weight is 352 g/mol. The lowest BCUT2D eigenvalue weighted by molar-refractivity contribution is 0.393. The maximum Gasteiger partial charge on any atom is 0.143 e. The molecule has 20 heavy (non-hydrogen) atoms. The van der Waals surface area contributed by atoms with Gasteiger partial charge < -0.3 is 4.52 Å². The zero-order valence-corrected chi connectivity index (χ0v) is 13.6. The fourth-order valence-corrected chi connectivity index (χ4v) is 2.98. The van der Waals surface area contributed by atoms with E-state index in [1.807, 2.05) is 39.0 Å². The van der Waals surface area contributed by atoms with Crippen LogP contribution >= 0.6 is 27.5 Å². The largest absolute Gasteiger partial charge is 0.361 e. The van der Waals surface area contributed by atoms with Crippen molar-refractivity contribution in [3.8, 4) is 11.3 Å². The lowest BCUT2D eigenvalue weighted by Gasteiger charge is -2.08. The highest BCUT2D eigenvalue weighted by molar-refractivity contribution is 9.10. The topological polar surface area (TPSA) is 38.9 Å². The molecule has 2 aromatic heterocycles. The lowest BCUT2D eigenvalue weighted by atomic mass is 10.1. The molecule has 0 aliphatic carbocycles. The normalized spacial score (nSPS) is 11.2. The van der Waals surface area contributed by atoms with Gasteiger partial charge in [-0.3, -0.25) is 0 Å². The molecule has 5 heteroatoms. The third-order valence-electron chi connectivity index (χ3n) is 3.35. The molecule has 0 N–H and O–H groups in total. The second-order valence-electron chi connectivity index (χ2n) is 4.78. The molecule has 1 aromatic carbocycles. The summed E-state index contributed by atoms with van der Waals surface area (Å²) >= 11 is 9.99. The van der Waals surface area contributed by atoms with E-state index in [0.29, 0.717) is 5.02 Å². The molecule has 0 radical (unpaired) electrons. The molecule has 0 aliphatic rings. The monoisotopic (exact) mass is 350 g/mol. The van der Waals surface area contributed by atoms with E-state index >= 15 is 0 Å². The van der Waals surface area contributed by atoms with E-state index in [-0.39, 0.29) is 0 Å². The number of benzene rings is 1. The van der Waals surface area contributed by atoms with Gasteiger partial charge in [-0.15, -0.1) is 0 Å². The van der Waals surface area contributed by atoms with Crippen LogP contribution in [-0.2, 0) is 0 Å². The van der Waals surface area contributed by atoms with E-state index in [9.17, 15) is 0 Å². The minimum Gasteiger partial charge on any atom is -0.361 e. The van der Waals surface area contributed by atoms with E-state index in [2.05, 4.69) is 21.1 Å². The maximum absolute atomic E-state index is 6.40. The van der Waals surface area contributed by atoms with E-state index in [0.717, 1.165) is 43.7 Å². The van der Waals surface area contributed by atoms with Crippen molar-refractivity contribution in [2.45, 2.75) is 20.8 Å². The van der Waals surface area contributed by atoms with Crippen molar-refractivity contribution >= 4 is 38.4 Å². The Hall–Kier alpha value is -1.39. The second kappa shape index (κ2) is 4.86. The summed E-state index contributed by atoms with van der Waals surface area (Å²) in [5, 5.41) is 5.57. The Morgan fingerprint density at radius 3 is 2.60 bits per heavy atom. The summed E-state index contributed by atoms with van der Waals surface area (Å²) in [5.74, 6) is 0.745. The van der Waals surface area contributed by atoms with Gasteiger partial charge in [-0.2, -0.15) is 0 Å². The Kier molecular flexibility index (Phi) is 3.30. The van der Waals surface area contributed by atoms with Gasteiger partial charge in [0.25, 0.3) is 0 Å². The number of hydrogen-bond donors (Lipinski definition) is 0. The van der Waals surface area contributed by atoms with E-state index in [4.69, 9.17) is 21.1 Å². The van der Waals surface area contributed by atoms with Gasteiger partial charge >= 0.3 is 0 Å². The minimum absolute atomic E-state index is 0.672. The summed E-state index contributed by atoms with van der Waals surface area (Å²) in [5.41, 5.74) is 4.48. The fourth-order valence-electron chi connectivity index (χ4n) is 2.29. The molecular formula is C15H12BrClN2O. The van der Waals surface area contributed by atoms with Gasteiger partial charge in [0, 0.05) is 9.86 Å². The third kappa shape index (κ3) is 2.03. The zero-order chi connectivity index (χ0) is 14.4. The van der Waals surface area contributed by atoms with Crippen molar-refractivity contribution in [1.82, 2.24) is 10.1 Å². The number of aryl methyl sites for hydroxylation is 3. The van der Waals surface area contributed by atoms with Crippen LogP contribution in [-0.4, -0.2) is 10.1 Å². The summed E-state index contributed by atoms with van der Waals surface area (Å²) in [6, 6.07) is 5.87. The number of halogens is 2. The van der Waals surface area contributed by atoms with Gasteiger partial charge in [0.15, 0.2) is 0 Å². The van der Waals surface area contributed by atoms with Crippen molar-refractivity contribution < 1.29 is 4.52 Å². The van der Waals surface area contributed by atoms with Crippen molar-refractivity contribution in [3.63, 3.8) is 0 Å². The Morgan fingerprint density at radius 1 is 1.20 bits per heavy atom. The number of rotatable bonds is 1. The minimum atomic E-state index is 0.672. The maximum atomic E-state index is 6.40. The Morgan fingerprint density at radius 2 is 1.95 bits per heavy atom. The van der Waals surface area contributed by atoms with E-state index in [1.165, 1.54) is 0 Å². The van der Waals surface area contributed by atoms with Crippen LogP contribution in [0.4, 0.5) is 0 Å². The fraction of sp³-hybridized carbons (Fsp3) is 0.200. The quantitative estimate of drug-likeness (QED) is 0.602. The average Bonchev–Trinajstić information content (AvgIpc) is 2.74. The first kappa shape index (κ1) is 13.6. The summed E-state index contributed by atoms with van der Waals surface area (Å²) in [7, 11) is 0. The van der Waals surface area contributed by atoms with Crippen LogP contribution in [0.5, 0.6) is 0 Å². The summed E-state index contributed by atoms with van der Waals surface area (Å²) in [6.07, 6.45) is 0. The summed E-state index contributed by atoms with van der Waals surface area (Å²) in [4.78, 5) is 4.73. The first-order valence-corrected chi connectivity index (χ1v) is 7.34. The van der Waals surface area contributed by atoms with E-state index < -0.39 is 0 Å². The van der Waals surface area contributed by atoms with Crippen LogP contribution in [0.15, 0.2) is 27.2 Å². The molecule has 3 aromatic rings. The summed E-state index contributed by atoms with van der Waals surface area (Å²) < 4.78 is 6.17. The molecule has 3 nitrogen and oxygen atoms in total. The smallest absolute Gasteiger partial charge is 0.143 e. The van der Waals surface area contributed by atoms with Crippen molar-refractivity contribution in [2.75, 3.05) is 0 Å². The molecule has 102 valence electrons. The molecule has 0 amide bonds. The molecule has 0 fully saturated rings. The first-order valence-electron chi connectivity index (χ1n) is 6.17. The van der Waals surface area contributed by atoms with Crippen molar-refractivity contribution in [1.29, 1.82) is 0 Å². The highest BCUT2D eigenvalue weighted by Gasteiger charge is 2.16. The molecule has 0 atom stereocenters. The van der Waals surface area contributed by atoms with Gasteiger partial charge in [-0.25, -0.2) is 4.98 Å². The highest BCUT2D eigenvalue weighted by Crippen LogP contribution is 2.35. The van der Waals surface area contributed by atoms with Crippen LogP contribution in [0.25, 0.3) is 22.2 Å². The molecule has 0 aliphatic heterocycles. The van der Waals surface area contributed by atoms with Gasteiger partial charge in [0.1, 0.15) is 5.76 Å². The number of aromatic nitrogens is 2. The Balaban J connectivity index is 2.37. The molecule has 0 saturated carbocycles. The van der Waals surface area contributed by atoms with Crippen LogP contribution in [0.2, 0.25) is 5.02 Å². The van der Waals surface area contributed by atoms with Crippen LogP contribution in [0, 0.1) is 20.8 Å². The number of pyridine rings is 1. The molecule has 3 rings (SSSR count). The zero-order valence-electron chi connectivity index (χ0n) is 11.3. The van der Waals surface area contributed by atoms with Crippen LogP contribution < -0.4 is 0 Å². The SMILES string of the molecule is Cc1ccc2c(Cl)cc(-c3c(C)noc3C)nc2c1Br. The van der Waals surface area contributed by atoms with Crippen molar-refractivity contribution in [2.24, 2.45) is 0 Å². The molecule has 0 saturated heterocycles. The molecular weight excluding hydrogens is 340 g/mol. The molecule has 0 spiro atoms. The van der Waals surface area contributed by atoms with Gasteiger partial charge in [-0.05, 0) is 48.3 Å². The molecule has 2 heterocycles. The molecule has 0 bridgehead atoms. The lowest BCUT2D eigenvalue weighted by Crippen LogP contribution is -1.91. The highest BCUT2D eigenvalue weighted by atomic mass is 79.9. The molecule has 0 unspecified atom stereocenters. The number of fused-ring (bicyclic) bond motifs is 1. The predicted octanol–water partition coefficient (Wildman–Crippen LogP) is 5.23. The van der Waals surface area contributed by atoms with Crippen LogP contribution in [0.1, 0.15) is 17.0 Å². The Bertz CT molecular complexity index is 807. The third-order valence-corrected chi connectivity index (χ3v) is 4.67.